The third kappa shape index (κ3) is 3.81. The van der Waals surface area contributed by atoms with Crippen LogP contribution in [0.5, 0.6) is 0 Å². The number of nitrogens with two attached hydrogens (primary N) is 1. The molecule has 0 radical (unpaired) electrons. The Morgan fingerprint density at radius 2 is 1.81 bits per heavy atom. The second-order valence-electron chi connectivity index (χ2n) is 4.94. The molecule has 21 heavy (non-hydrogen) atoms. The van der Waals surface area contributed by atoms with E-state index in [4.69, 9.17) is 16.7 Å². The van der Waals surface area contributed by atoms with Crippen LogP contribution in [-0.4, -0.2) is 26.8 Å². The topological polar surface area (TPSA) is 63.4 Å². The first-order chi connectivity index (χ1) is 9.59. The minimum absolute atomic E-state index is 0.00104. The lowest BCUT2D eigenvalue weighted by Gasteiger charge is -2.33. The van der Waals surface area contributed by atoms with E-state index < -0.39 is 27.0 Å². The molecule has 0 aliphatic carbocycles. The van der Waals surface area contributed by atoms with Crippen molar-refractivity contribution in [2.45, 2.75) is 24.3 Å². The lowest BCUT2D eigenvalue weighted by molar-refractivity contribution is -0.137. The van der Waals surface area contributed by atoms with E-state index in [2.05, 4.69) is 0 Å². The summed E-state index contributed by atoms with van der Waals surface area (Å²) in [5.74, 6) is 0. The summed E-state index contributed by atoms with van der Waals surface area (Å²) in [7, 11) is -3.58. The van der Waals surface area contributed by atoms with E-state index in [0.29, 0.717) is 31.6 Å². The lowest BCUT2D eigenvalue weighted by Crippen LogP contribution is -2.41. The van der Waals surface area contributed by atoms with Crippen LogP contribution in [-0.2, 0) is 16.2 Å². The smallest absolute Gasteiger partial charge is 0.370 e. The monoisotopic (exact) mass is 342 g/mol. The van der Waals surface area contributed by atoms with Gasteiger partial charge in [-0.15, -0.1) is 0 Å². The van der Waals surface area contributed by atoms with Crippen LogP contribution in [0.2, 0.25) is 5.02 Å². The second-order valence-corrected chi connectivity index (χ2v) is 7.19. The van der Waals surface area contributed by atoms with Crippen LogP contribution in [0, 0.1) is 0 Å². The average Bonchev–Trinajstić information content (AvgIpc) is 2.36. The quantitative estimate of drug-likeness (QED) is 0.898. The number of anilines is 1. The summed E-state index contributed by atoms with van der Waals surface area (Å²) < 4.78 is 60.2. The first-order valence-corrected chi connectivity index (χ1v) is 8.21. The standard InChI is InChI=1S/C12H14ClF3N2O2S/c13-10-7-8(12(14,15)16)1-2-11(10)18-5-3-9(4-6-18)21(17,19)20/h1-2,7,9H,3-6H2,(H2,17,19,20). The van der Waals surface area contributed by atoms with Gasteiger partial charge in [-0.1, -0.05) is 11.6 Å². The Kier molecular flexibility index (Phi) is 4.41. The number of hydrogen-bond acceptors (Lipinski definition) is 3. The molecule has 0 spiro atoms. The molecule has 1 saturated heterocycles. The SMILES string of the molecule is NS(=O)(=O)C1CCN(c2ccc(C(F)(F)F)cc2Cl)CC1. The summed E-state index contributed by atoms with van der Waals surface area (Å²) in [6.07, 6.45) is -3.78. The molecular formula is C12H14ClF3N2O2S. The minimum Gasteiger partial charge on any atom is -0.370 e. The third-order valence-corrected chi connectivity index (χ3v) is 5.23. The highest BCUT2D eigenvalue weighted by atomic mass is 35.5. The molecule has 118 valence electrons. The molecule has 0 atom stereocenters. The van der Waals surface area contributed by atoms with E-state index in [1.807, 2.05) is 0 Å². The van der Waals surface area contributed by atoms with E-state index in [-0.39, 0.29) is 5.02 Å². The van der Waals surface area contributed by atoms with Gasteiger partial charge in [0.25, 0.3) is 0 Å². The summed E-state index contributed by atoms with van der Waals surface area (Å²) in [5.41, 5.74) is -0.340. The molecule has 1 aromatic carbocycles. The van der Waals surface area contributed by atoms with Gasteiger partial charge in [0.15, 0.2) is 0 Å². The van der Waals surface area contributed by atoms with Crippen LogP contribution in [0.15, 0.2) is 18.2 Å². The fourth-order valence-electron chi connectivity index (χ4n) is 2.36. The Labute approximate surface area is 125 Å². The van der Waals surface area contributed by atoms with Crippen molar-refractivity contribution in [3.63, 3.8) is 0 Å². The minimum atomic E-state index is -4.44. The molecule has 4 nitrogen and oxygen atoms in total. The third-order valence-electron chi connectivity index (χ3n) is 3.52. The number of hydrogen-bond donors (Lipinski definition) is 1. The van der Waals surface area contributed by atoms with Gasteiger partial charge >= 0.3 is 6.18 Å². The lowest BCUT2D eigenvalue weighted by atomic mass is 10.1. The molecule has 9 heteroatoms. The predicted octanol–water partition coefficient (Wildman–Crippen LogP) is 2.62. The van der Waals surface area contributed by atoms with Crippen molar-refractivity contribution in [2.24, 2.45) is 5.14 Å². The van der Waals surface area contributed by atoms with Crippen LogP contribution < -0.4 is 10.0 Å². The zero-order chi connectivity index (χ0) is 15.8. The Morgan fingerprint density at radius 1 is 1.24 bits per heavy atom. The van der Waals surface area contributed by atoms with E-state index in [0.717, 1.165) is 12.1 Å². The number of benzene rings is 1. The van der Waals surface area contributed by atoms with Gasteiger partial charge < -0.3 is 4.90 Å². The van der Waals surface area contributed by atoms with Gasteiger partial charge in [0.1, 0.15) is 0 Å². The molecule has 1 aliphatic heterocycles. The van der Waals surface area contributed by atoms with E-state index >= 15 is 0 Å². The van der Waals surface area contributed by atoms with E-state index in [1.54, 1.807) is 4.90 Å². The molecule has 1 heterocycles. The van der Waals surface area contributed by atoms with Crippen molar-refractivity contribution in [1.82, 2.24) is 0 Å². The Bertz CT molecular complexity index is 626. The Hall–Kier alpha value is -0.990. The summed E-state index contributed by atoms with van der Waals surface area (Å²) in [5, 5.41) is 4.48. The number of sulfonamides is 1. The summed E-state index contributed by atoms with van der Waals surface area (Å²) in [6, 6.07) is 3.15. The van der Waals surface area contributed by atoms with Crippen LogP contribution in [0.3, 0.4) is 0 Å². The van der Waals surface area contributed by atoms with Gasteiger partial charge in [-0.3, -0.25) is 0 Å². The number of nitrogens with zero attached hydrogens (tertiary/aromatic N) is 1. The highest BCUT2D eigenvalue weighted by Crippen LogP contribution is 2.36. The van der Waals surface area contributed by atoms with Gasteiger partial charge in [0.05, 0.1) is 21.5 Å². The summed E-state index contributed by atoms with van der Waals surface area (Å²) in [6.45, 7) is 0.762. The fraction of sp³-hybridized carbons (Fsp3) is 0.500. The number of primary sulfonamides is 1. The number of halogens is 4. The second kappa shape index (κ2) is 5.66. The molecule has 0 unspecified atom stereocenters. The van der Waals surface area contributed by atoms with Crippen molar-refractivity contribution in [2.75, 3.05) is 18.0 Å². The molecule has 0 bridgehead atoms. The maximum atomic E-state index is 12.6. The van der Waals surface area contributed by atoms with Crippen LogP contribution in [0.25, 0.3) is 0 Å². The van der Waals surface area contributed by atoms with Crippen LogP contribution >= 0.6 is 11.6 Å². The van der Waals surface area contributed by atoms with Gasteiger partial charge in [-0.25, -0.2) is 13.6 Å². The molecule has 0 amide bonds. The number of rotatable bonds is 2. The Morgan fingerprint density at radius 3 is 2.24 bits per heavy atom. The van der Waals surface area contributed by atoms with Crippen LogP contribution in [0.4, 0.5) is 18.9 Å². The molecule has 1 aliphatic rings. The fourth-order valence-corrected chi connectivity index (χ4v) is 3.53. The summed E-state index contributed by atoms with van der Waals surface area (Å²) in [4.78, 5) is 1.77. The maximum absolute atomic E-state index is 12.6. The highest BCUT2D eigenvalue weighted by Gasteiger charge is 2.32. The van der Waals surface area contributed by atoms with Crippen molar-refractivity contribution < 1.29 is 21.6 Å². The van der Waals surface area contributed by atoms with Crippen molar-refractivity contribution in [1.29, 1.82) is 0 Å². The van der Waals surface area contributed by atoms with Gasteiger partial charge in [-0.2, -0.15) is 13.2 Å². The molecule has 1 fully saturated rings. The first kappa shape index (κ1) is 16.4. The average molecular weight is 343 g/mol. The zero-order valence-corrected chi connectivity index (χ0v) is 12.5. The molecule has 2 N–H and O–H groups in total. The number of piperidine rings is 1. The largest absolute Gasteiger partial charge is 0.416 e. The van der Waals surface area contributed by atoms with Crippen molar-refractivity contribution in [3.8, 4) is 0 Å². The molecule has 1 aromatic rings. The van der Waals surface area contributed by atoms with Crippen molar-refractivity contribution >= 4 is 27.3 Å². The van der Waals surface area contributed by atoms with Gasteiger partial charge in [0.2, 0.25) is 10.0 Å². The van der Waals surface area contributed by atoms with Gasteiger partial charge in [0, 0.05) is 13.1 Å². The molecule has 2 rings (SSSR count). The van der Waals surface area contributed by atoms with Gasteiger partial charge in [-0.05, 0) is 31.0 Å². The van der Waals surface area contributed by atoms with E-state index in [9.17, 15) is 21.6 Å². The maximum Gasteiger partial charge on any atom is 0.416 e. The first-order valence-electron chi connectivity index (χ1n) is 6.22. The highest BCUT2D eigenvalue weighted by molar-refractivity contribution is 7.89. The van der Waals surface area contributed by atoms with Crippen LogP contribution in [0.1, 0.15) is 18.4 Å². The van der Waals surface area contributed by atoms with E-state index in [1.165, 1.54) is 6.07 Å². The normalized spacial score (nSPS) is 18.0. The zero-order valence-electron chi connectivity index (χ0n) is 10.9. The predicted molar refractivity (Wildman–Crippen MR) is 74.8 cm³/mol. The number of alkyl halides is 3. The van der Waals surface area contributed by atoms with Crippen molar-refractivity contribution in [3.05, 3.63) is 28.8 Å². The molecule has 0 aromatic heterocycles. The summed E-state index contributed by atoms with van der Waals surface area (Å²) >= 11 is 5.91. The Balaban J connectivity index is 2.14. The molecule has 0 saturated carbocycles. The molecular weight excluding hydrogens is 329 g/mol.